The summed E-state index contributed by atoms with van der Waals surface area (Å²) in [4.78, 5) is 25.2. The Morgan fingerprint density at radius 2 is 1.69 bits per heavy atom. The fourth-order valence-electron chi connectivity index (χ4n) is 3.52. The first kappa shape index (κ1) is 23.9. The highest BCUT2D eigenvalue weighted by Crippen LogP contribution is 2.19. The third-order valence-corrected chi connectivity index (χ3v) is 7.10. The molecule has 1 aliphatic rings. The van der Waals surface area contributed by atoms with Gasteiger partial charge in [0.1, 0.15) is 0 Å². The van der Waals surface area contributed by atoms with Crippen LogP contribution in [0.25, 0.3) is 0 Å². The molecule has 0 saturated carbocycles. The lowest BCUT2D eigenvalue weighted by Crippen LogP contribution is -2.29. The highest BCUT2D eigenvalue weighted by atomic mass is 32.2. The number of benzene rings is 2. The number of anilines is 1. The molecule has 2 N–H and O–H groups in total. The van der Waals surface area contributed by atoms with Crippen LogP contribution < -0.4 is 10.6 Å². The van der Waals surface area contributed by atoms with Gasteiger partial charge in [0.2, 0.25) is 10.0 Å². The highest BCUT2D eigenvalue weighted by Gasteiger charge is 2.25. The van der Waals surface area contributed by atoms with E-state index in [9.17, 15) is 18.0 Å². The molecule has 1 fully saturated rings. The monoisotopic (exact) mass is 459 g/mol. The summed E-state index contributed by atoms with van der Waals surface area (Å²) in [5, 5.41) is 5.58. The first-order chi connectivity index (χ1) is 15.4. The van der Waals surface area contributed by atoms with Gasteiger partial charge in [-0.3, -0.25) is 9.59 Å². The van der Waals surface area contributed by atoms with Gasteiger partial charge in [-0.2, -0.15) is 0 Å². The molecular weight excluding hydrogens is 430 g/mol. The second-order valence-corrected chi connectivity index (χ2v) is 9.63. The fraction of sp³-hybridized carbons (Fsp3) is 0.391. The largest absolute Gasteiger partial charge is 0.385 e. The summed E-state index contributed by atoms with van der Waals surface area (Å²) in [6.07, 6.45) is 2.48. The van der Waals surface area contributed by atoms with Gasteiger partial charge in [0.25, 0.3) is 11.8 Å². The zero-order valence-corrected chi connectivity index (χ0v) is 19.0. The quantitative estimate of drug-likeness (QED) is 0.532. The first-order valence-electron chi connectivity index (χ1n) is 10.6. The van der Waals surface area contributed by atoms with E-state index in [0.29, 0.717) is 55.0 Å². The molecule has 1 aliphatic heterocycles. The Bertz CT molecular complexity index is 1030. The van der Waals surface area contributed by atoms with Crippen molar-refractivity contribution in [1.29, 1.82) is 0 Å². The lowest BCUT2D eigenvalue weighted by molar-refractivity contribution is 0.0949. The smallest absolute Gasteiger partial charge is 0.255 e. The van der Waals surface area contributed by atoms with Gasteiger partial charge in [-0.25, -0.2) is 12.7 Å². The summed E-state index contributed by atoms with van der Waals surface area (Å²) in [5.41, 5.74) is 1.78. The van der Waals surface area contributed by atoms with E-state index in [1.54, 1.807) is 55.6 Å². The summed E-state index contributed by atoms with van der Waals surface area (Å²) < 4.78 is 31.4. The van der Waals surface area contributed by atoms with E-state index in [1.807, 2.05) is 0 Å². The van der Waals surface area contributed by atoms with Gasteiger partial charge < -0.3 is 15.4 Å². The molecule has 0 aliphatic carbocycles. The van der Waals surface area contributed by atoms with Gasteiger partial charge in [0.15, 0.2) is 0 Å². The Balaban J connectivity index is 1.63. The van der Waals surface area contributed by atoms with Crippen LogP contribution in [0.1, 0.15) is 45.5 Å². The molecule has 0 bridgehead atoms. The van der Waals surface area contributed by atoms with Crippen molar-refractivity contribution in [2.45, 2.75) is 25.0 Å². The van der Waals surface area contributed by atoms with E-state index in [4.69, 9.17) is 4.74 Å². The Kier molecular flexibility index (Phi) is 8.38. The number of carbonyl (C=O) groups is 2. The van der Waals surface area contributed by atoms with Crippen LogP contribution in [-0.2, 0) is 20.5 Å². The molecule has 1 heterocycles. The second kappa shape index (κ2) is 11.2. The van der Waals surface area contributed by atoms with Gasteiger partial charge >= 0.3 is 0 Å². The lowest BCUT2D eigenvalue weighted by atomic mass is 10.1. The molecule has 3 rings (SSSR count). The summed E-state index contributed by atoms with van der Waals surface area (Å²) in [7, 11) is -1.74. The van der Waals surface area contributed by atoms with Crippen molar-refractivity contribution in [3.8, 4) is 0 Å². The van der Waals surface area contributed by atoms with Crippen LogP contribution in [-0.4, -0.2) is 57.9 Å². The van der Waals surface area contributed by atoms with Crippen molar-refractivity contribution < 1.29 is 22.7 Å². The van der Waals surface area contributed by atoms with Crippen molar-refractivity contribution in [2.24, 2.45) is 0 Å². The third kappa shape index (κ3) is 6.38. The molecular formula is C23H29N3O5S. The van der Waals surface area contributed by atoms with E-state index in [-0.39, 0.29) is 17.6 Å². The van der Waals surface area contributed by atoms with E-state index in [1.165, 1.54) is 4.31 Å². The molecule has 1 saturated heterocycles. The van der Waals surface area contributed by atoms with Crippen molar-refractivity contribution >= 4 is 27.5 Å². The number of para-hydroxylation sites is 1. The first-order valence-corrected chi connectivity index (χ1v) is 12.3. The van der Waals surface area contributed by atoms with Crippen molar-refractivity contribution in [3.05, 3.63) is 65.2 Å². The maximum absolute atomic E-state index is 12.7. The van der Waals surface area contributed by atoms with Crippen LogP contribution in [0.2, 0.25) is 0 Å². The average Bonchev–Trinajstić information content (AvgIpc) is 3.33. The number of sulfonamides is 1. The van der Waals surface area contributed by atoms with Gasteiger partial charge in [-0.15, -0.1) is 0 Å². The number of rotatable bonds is 10. The molecule has 0 unspecified atom stereocenters. The maximum atomic E-state index is 12.7. The Hall–Kier alpha value is -2.75. The highest BCUT2D eigenvalue weighted by molar-refractivity contribution is 7.88. The van der Waals surface area contributed by atoms with Crippen molar-refractivity contribution in [2.75, 3.05) is 38.7 Å². The topological polar surface area (TPSA) is 105 Å². The molecule has 0 radical (unpaired) electrons. The van der Waals surface area contributed by atoms with Gasteiger partial charge in [-0.05, 0) is 49.1 Å². The van der Waals surface area contributed by atoms with Crippen LogP contribution in [0.4, 0.5) is 5.69 Å². The predicted molar refractivity (Wildman–Crippen MR) is 123 cm³/mol. The third-order valence-electron chi connectivity index (χ3n) is 5.25. The molecule has 0 aromatic heterocycles. The summed E-state index contributed by atoms with van der Waals surface area (Å²) in [6.45, 7) is 2.16. The van der Waals surface area contributed by atoms with Crippen LogP contribution in [0.15, 0.2) is 48.5 Å². The minimum absolute atomic E-state index is 0.0824. The van der Waals surface area contributed by atoms with Crippen molar-refractivity contribution in [3.63, 3.8) is 0 Å². The van der Waals surface area contributed by atoms with Crippen LogP contribution in [0, 0.1) is 0 Å². The zero-order valence-electron chi connectivity index (χ0n) is 18.2. The molecule has 2 amide bonds. The minimum Gasteiger partial charge on any atom is -0.385 e. The molecule has 32 heavy (non-hydrogen) atoms. The van der Waals surface area contributed by atoms with Gasteiger partial charge in [0, 0.05) is 38.9 Å². The van der Waals surface area contributed by atoms with Crippen LogP contribution >= 0.6 is 0 Å². The summed E-state index contributed by atoms with van der Waals surface area (Å²) in [6, 6.07) is 13.3. The van der Waals surface area contributed by atoms with E-state index in [2.05, 4.69) is 10.6 Å². The molecule has 2 aromatic rings. The molecule has 9 heteroatoms. The number of nitrogens with zero attached hydrogens (tertiary/aromatic N) is 1. The number of hydrogen-bond acceptors (Lipinski definition) is 5. The van der Waals surface area contributed by atoms with Gasteiger partial charge in [-0.1, -0.05) is 24.3 Å². The number of amides is 2. The Morgan fingerprint density at radius 1 is 1.00 bits per heavy atom. The number of carbonyl (C=O) groups excluding carboxylic acids is 2. The van der Waals surface area contributed by atoms with Crippen LogP contribution in [0.5, 0.6) is 0 Å². The molecule has 8 nitrogen and oxygen atoms in total. The minimum atomic E-state index is -3.34. The second-order valence-electron chi connectivity index (χ2n) is 7.66. The molecule has 2 aromatic carbocycles. The average molecular weight is 460 g/mol. The van der Waals surface area contributed by atoms with E-state index >= 15 is 0 Å². The van der Waals surface area contributed by atoms with Crippen molar-refractivity contribution in [1.82, 2.24) is 9.62 Å². The number of nitrogens with one attached hydrogen (secondary N) is 2. The zero-order chi connectivity index (χ0) is 23.0. The summed E-state index contributed by atoms with van der Waals surface area (Å²) >= 11 is 0. The Morgan fingerprint density at radius 3 is 2.38 bits per heavy atom. The SMILES string of the molecule is COCCCNC(=O)c1ccccc1NC(=O)c1ccc(CS(=O)(=O)N2CCCC2)cc1. The van der Waals surface area contributed by atoms with E-state index in [0.717, 1.165) is 12.8 Å². The normalized spacial score (nSPS) is 14.3. The maximum Gasteiger partial charge on any atom is 0.255 e. The van der Waals surface area contributed by atoms with Gasteiger partial charge in [0.05, 0.1) is 17.0 Å². The fourth-order valence-corrected chi connectivity index (χ4v) is 5.13. The molecule has 0 spiro atoms. The number of hydrogen-bond donors (Lipinski definition) is 2. The number of ether oxygens (including phenoxy) is 1. The Labute approximate surface area is 189 Å². The van der Waals surface area contributed by atoms with Crippen LogP contribution in [0.3, 0.4) is 0 Å². The predicted octanol–water partition coefficient (Wildman–Crippen LogP) is 2.63. The number of methoxy groups -OCH3 is 1. The summed E-state index contributed by atoms with van der Waals surface area (Å²) in [5.74, 6) is -0.737. The lowest BCUT2D eigenvalue weighted by Gasteiger charge is -2.15. The van der Waals surface area contributed by atoms with E-state index < -0.39 is 10.0 Å². The molecule has 0 atom stereocenters. The standard InChI is InChI=1S/C23H29N3O5S/c1-31-16-6-13-24-23(28)20-7-2-3-8-21(20)25-22(27)19-11-9-18(10-12-19)17-32(29,30)26-14-4-5-15-26/h2-3,7-12H,4-6,13-17H2,1H3,(H,24,28)(H,25,27). The molecule has 172 valence electrons.